The molecular weight excluding hydrogens is 636 g/mol. The van der Waals surface area contributed by atoms with E-state index in [2.05, 4.69) is 8.37 Å². The number of aliphatic hydroxyl groups excluding tert-OH is 5. The summed E-state index contributed by atoms with van der Waals surface area (Å²) in [6, 6.07) is 0. The summed E-state index contributed by atoms with van der Waals surface area (Å²) in [7, 11) is -10.1. The first-order chi connectivity index (χ1) is 19.4. The number of carboxylic acid groups (broad SMARTS) is 1. The Balaban J connectivity index is 0.00000645. The van der Waals surface area contributed by atoms with Crippen LogP contribution in [0.15, 0.2) is 11.8 Å². The summed E-state index contributed by atoms with van der Waals surface area (Å²) < 4.78 is 97.7. The van der Waals surface area contributed by atoms with E-state index < -0.39 is 126 Å². The van der Waals surface area contributed by atoms with Crippen molar-refractivity contribution in [2.24, 2.45) is 11.8 Å². The van der Waals surface area contributed by atoms with Crippen LogP contribution in [-0.4, -0.2) is 150 Å². The molecule has 22 heteroatoms. The summed E-state index contributed by atoms with van der Waals surface area (Å²) in [5.74, 6) is -4.27. The normalized spacial score (nSPS) is 38.8. The standard InChI is InChI=1S/C20H32O20S2.CH4/c1-7-13(22)17(40-42(31,32)33)16(25)20(38-7)36-5-9-8(3-34-12(14(9)23)6-37-41(28,29)30)4-35-19-15(24)10(21)2-11(39-19)18(26)27;/h2,7-10,12-17,19-25H,3-6H2,1H3,(H,26,27)(H,28,29,30)(H,31,32,33);1H4/t7?,8?,9?,10?,12?,13-,14+,15?,16?,17?,19-,20-;/m1./s1. The van der Waals surface area contributed by atoms with Crippen LogP contribution < -0.4 is 0 Å². The fraction of sp³-hybridized carbons (Fsp3) is 0.857. The molecule has 8 unspecified atom stereocenters. The maximum absolute atomic E-state index is 11.2. The van der Waals surface area contributed by atoms with E-state index >= 15 is 0 Å². The molecule has 3 rings (SSSR count). The first-order valence-corrected chi connectivity index (χ1v) is 14.9. The second kappa shape index (κ2) is 15.1. The molecular formula is C21H36O20S2. The summed E-state index contributed by atoms with van der Waals surface area (Å²) >= 11 is 0. The van der Waals surface area contributed by atoms with Crippen LogP contribution >= 0.6 is 0 Å². The molecule has 43 heavy (non-hydrogen) atoms. The largest absolute Gasteiger partial charge is 0.475 e. The Morgan fingerprint density at radius 1 is 0.907 bits per heavy atom. The fourth-order valence-corrected chi connectivity index (χ4v) is 5.26. The van der Waals surface area contributed by atoms with E-state index in [1.165, 1.54) is 6.92 Å². The Morgan fingerprint density at radius 3 is 2.12 bits per heavy atom. The molecule has 0 aliphatic carbocycles. The molecule has 0 aromatic rings. The molecule has 3 aliphatic rings. The molecule has 0 amide bonds. The van der Waals surface area contributed by atoms with Crippen LogP contribution in [0.5, 0.6) is 0 Å². The number of hydrogen-bond donors (Lipinski definition) is 8. The molecule has 8 N–H and O–H groups in total. The maximum Gasteiger partial charge on any atom is 0.397 e. The smallest absolute Gasteiger partial charge is 0.397 e. The van der Waals surface area contributed by atoms with Crippen molar-refractivity contribution in [3.8, 4) is 0 Å². The summed E-state index contributed by atoms with van der Waals surface area (Å²) in [5, 5.41) is 60.8. The van der Waals surface area contributed by atoms with Crippen LogP contribution in [0.25, 0.3) is 0 Å². The zero-order valence-corrected chi connectivity index (χ0v) is 23.3. The van der Waals surface area contributed by atoms with E-state index in [1.807, 2.05) is 0 Å². The SMILES string of the molecule is C.CC1O[C@@H](OCC2C(CO[C@@H]3OC(C(=O)O)=CC(O)C3O)COC(COS(=O)(=O)O)[C@H]2O)C(O)C(OS(=O)(=O)O)[C@@H]1O. The number of aliphatic carboxylic acids is 1. The van der Waals surface area contributed by atoms with Gasteiger partial charge in [-0.05, 0) is 13.0 Å². The summed E-state index contributed by atoms with van der Waals surface area (Å²) in [6.45, 7) is -0.879. The van der Waals surface area contributed by atoms with Crippen molar-refractivity contribution in [2.45, 2.75) is 75.8 Å². The molecule has 0 spiro atoms. The summed E-state index contributed by atoms with van der Waals surface area (Å²) in [6.07, 6.45) is -15.8. The topological polar surface area (TPSA) is 312 Å². The number of ether oxygens (including phenoxy) is 5. The third kappa shape index (κ3) is 10.2. The van der Waals surface area contributed by atoms with E-state index in [9.17, 15) is 47.2 Å². The lowest BCUT2D eigenvalue weighted by atomic mass is 9.84. The molecule has 0 saturated carbocycles. The third-order valence-corrected chi connectivity index (χ3v) is 7.58. The molecule has 2 saturated heterocycles. The van der Waals surface area contributed by atoms with Crippen LogP contribution in [0.2, 0.25) is 0 Å². The Hall–Kier alpha value is -1.61. The number of aliphatic hydroxyl groups is 5. The van der Waals surface area contributed by atoms with E-state index in [4.69, 9.17) is 37.9 Å². The predicted octanol–water partition coefficient (Wildman–Crippen LogP) is -3.83. The van der Waals surface area contributed by atoms with Gasteiger partial charge in [0.1, 0.15) is 36.6 Å². The van der Waals surface area contributed by atoms with Crippen molar-refractivity contribution in [1.82, 2.24) is 0 Å². The number of rotatable bonds is 12. The average molecular weight is 673 g/mol. The van der Waals surface area contributed by atoms with Crippen molar-refractivity contribution in [1.29, 1.82) is 0 Å². The zero-order chi connectivity index (χ0) is 31.6. The van der Waals surface area contributed by atoms with Gasteiger partial charge >= 0.3 is 26.8 Å². The van der Waals surface area contributed by atoms with E-state index in [-0.39, 0.29) is 14.0 Å². The van der Waals surface area contributed by atoms with Gasteiger partial charge in [-0.2, -0.15) is 16.8 Å². The van der Waals surface area contributed by atoms with Crippen LogP contribution in [-0.2, 0) is 57.6 Å². The molecule has 0 radical (unpaired) electrons. The number of carboxylic acids is 1. The molecule has 0 bridgehead atoms. The van der Waals surface area contributed by atoms with Crippen molar-refractivity contribution < 1.29 is 93.4 Å². The highest BCUT2D eigenvalue weighted by Crippen LogP contribution is 2.32. The van der Waals surface area contributed by atoms with Gasteiger partial charge in [-0.15, -0.1) is 0 Å². The van der Waals surface area contributed by atoms with Gasteiger partial charge < -0.3 is 54.3 Å². The second-order valence-corrected chi connectivity index (χ2v) is 11.8. The van der Waals surface area contributed by atoms with Gasteiger partial charge in [-0.3, -0.25) is 9.11 Å². The van der Waals surface area contributed by atoms with Gasteiger partial charge in [-0.1, -0.05) is 7.43 Å². The molecule has 3 heterocycles. The lowest BCUT2D eigenvalue weighted by Gasteiger charge is -2.43. The van der Waals surface area contributed by atoms with Crippen LogP contribution in [0.4, 0.5) is 0 Å². The van der Waals surface area contributed by atoms with E-state index in [0.717, 1.165) is 6.08 Å². The highest BCUT2D eigenvalue weighted by Gasteiger charge is 2.48. The quantitative estimate of drug-likeness (QED) is 0.0920. The van der Waals surface area contributed by atoms with Gasteiger partial charge in [0, 0.05) is 11.8 Å². The molecule has 0 aromatic heterocycles. The van der Waals surface area contributed by atoms with E-state index in [0.29, 0.717) is 0 Å². The Labute approximate surface area is 246 Å². The van der Waals surface area contributed by atoms with Gasteiger partial charge in [0.05, 0.1) is 38.6 Å². The monoisotopic (exact) mass is 672 g/mol. The summed E-state index contributed by atoms with van der Waals surface area (Å²) in [4.78, 5) is 11.2. The molecule has 20 nitrogen and oxygen atoms in total. The molecule has 0 aromatic carbocycles. The van der Waals surface area contributed by atoms with Crippen molar-refractivity contribution in [2.75, 3.05) is 26.4 Å². The lowest BCUT2D eigenvalue weighted by Crippen LogP contribution is -2.59. The highest BCUT2D eigenvalue weighted by atomic mass is 32.3. The second-order valence-electron chi connectivity index (χ2n) is 9.65. The first kappa shape index (κ1) is 37.6. The van der Waals surface area contributed by atoms with Crippen LogP contribution in [0.3, 0.4) is 0 Å². The van der Waals surface area contributed by atoms with Gasteiger partial charge in [0.15, 0.2) is 6.29 Å². The third-order valence-electron chi connectivity index (χ3n) is 6.68. The predicted molar refractivity (Wildman–Crippen MR) is 134 cm³/mol. The highest BCUT2D eigenvalue weighted by molar-refractivity contribution is 7.81. The maximum atomic E-state index is 11.2. The first-order valence-electron chi connectivity index (χ1n) is 12.2. The zero-order valence-electron chi connectivity index (χ0n) is 21.6. The Kier molecular flexibility index (Phi) is 13.2. The van der Waals surface area contributed by atoms with E-state index in [1.54, 1.807) is 0 Å². The van der Waals surface area contributed by atoms with Gasteiger partial charge in [0.2, 0.25) is 12.0 Å². The lowest BCUT2D eigenvalue weighted by molar-refractivity contribution is -0.298. The molecule has 3 aliphatic heterocycles. The van der Waals surface area contributed by atoms with Crippen molar-refractivity contribution in [3.05, 3.63) is 11.8 Å². The van der Waals surface area contributed by atoms with Crippen LogP contribution in [0, 0.1) is 11.8 Å². The number of hydrogen-bond acceptors (Lipinski definition) is 17. The van der Waals surface area contributed by atoms with Crippen molar-refractivity contribution in [3.63, 3.8) is 0 Å². The fourth-order valence-electron chi connectivity index (χ4n) is 4.45. The number of carbonyl (C=O) groups is 1. The minimum absolute atomic E-state index is 0. The molecule has 2 fully saturated rings. The molecule has 252 valence electrons. The summed E-state index contributed by atoms with van der Waals surface area (Å²) in [5.41, 5.74) is 0. The Bertz CT molecular complexity index is 1180. The molecule has 12 atom stereocenters. The minimum Gasteiger partial charge on any atom is -0.475 e. The van der Waals surface area contributed by atoms with Gasteiger partial charge in [-0.25, -0.2) is 13.2 Å². The van der Waals surface area contributed by atoms with Crippen molar-refractivity contribution >= 4 is 26.8 Å². The average Bonchev–Trinajstić information content (AvgIpc) is 2.87. The van der Waals surface area contributed by atoms with Crippen LogP contribution in [0.1, 0.15) is 14.4 Å². The van der Waals surface area contributed by atoms with Gasteiger partial charge in [0.25, 0.3) is 0 Å². The minimum atomic E-state index is -5.13. The Morgan fingerprint density at radius 2 is 1.53 bits per heavy atom.